The molecule has 0 atom stereocenters. The van der Waals surface area contributed by atoms with E-state index in [9.17, 15) is 4.79 Å². The normalized spacial score (nSPS) is 10.2. The van der Waals surface area contributed by atoms with Crippen LogP contribution in [-0.4, -0.2) is 48.8 Å². The van der Waals surface area contributed by atoms with E-state index in [1.165, 1.54) is 70.6 Å². The Morgan fingerprint density at radius 2 is 1.00 bits per heavy atom. The van der Waals surface area contributed by atoms with Crippen LogP contribution in [0.5, 0.6) is 0 Å². The molecule has 1 N–H and O–H groups in total. The van der Waals surface area contributed by atoms with Gasteiger partial charge in [-0.3, -0.25) is 4.79 Å². The summed E-state index contributed by atoms with van der Waals surface area (Å²) in [6, 6.07) is 0. The van der Waals surface area contributed by atoms with Crippen molar-refractivity contribution in [2.24, 2.45) is 0 Å². The summed E-state index contributed by atoms with van der Waals surface area (Å²) in [4.78, 5) is 10.3. The Kier molecular flexibility index (Phi) is 21.7. The minimum atomic E-state index is -0.655. The van der Waals surface area contributed by atoms with Crippen LogP contribution in [0.1, 0.15) is 96.8 Å². The standard InChI is InChI=1S/C16H32O2.Ca.2H/c1-2-3-4-5-6-7-8-9-10-11-12-13-14-15-16(17)18;;;/h2-15H2,1H3,(H,17,18);;;. The van der Waals surface area contributed by atoms with Crippen molar-refractivity contribution in [3.8, 4) is 0 Å². The quantitative estimate of drug-likeness (QED) is 0.375. The third kappa shape index (κ3) is 21.2. The van der Waals surface area contributed by atoms with Gasteiger partial charge in [0.25, 0.3) is 0 Å². The Labute approximate surface area is 149 Å². The maximum atomic E-state index is 10.3. The van der Waals surface area contributed by atoms with E-state index in [0.29, 0.717) is 6.42 Å². The van der Waals surface area contributed by atoms with E-state index in [1.54, 1.807) is 0 Å². The predicted molar refractivity (Wildman–Crippen MR) is 86.5 cm³/mol. The summed E-state index contributed by atoms with van der Waals surface area (Å²) in [5.41, 5.74) is 0. The van der Waals surface area contributed by atoms with E-state index in [1.807, 2.05) is 0 Å². The molecule has 0 fully saturated rings. The molecule has 0 aliphatic carbocycles. The van der Waals surface area contributed by atoms with Crippen LogP contribution in [0.3, 0.4) is 0 Å². The second-order valence-corrected chi connectivity index (χ2v) is 5.39. The number of rotatable bonds is 14. The average molecular weight is 299 g/mol. The SMILES string of the molecule is CCCCCCCCCCCCCCCC(=O)O.[CaH2]. The fourth-order valence-electron chi connectivity index (χ4n) is 2.29. The van der Waals surface area contributed by atoms with E-state index in [4.69, 9.17) is 5.11 Å². The number of hydrogen-bond donors (Lipinski definition) is 1. The van der Waals surface area contributed by atoms with Crippen molar-refractivity contribution < 1.29 is 9.90 Å². The molecule has 2 nitrogen and oxygen atoms in total. The molecule has 0 saturated carbocycles. The molecule has 0 radical (unpaired) electrons. The Bertz CT molecular complexity index is 184. The first-order chi connectivity index (χ1) is 8.77. The third-order valence-corrected chi connectivity index (χ3v) is 3.49. The Hall–Kier alpha value is 0.730. The zero-order chi connectivity index (χ0) is 13.5. The molecule has 0 unspecified atom stereocenters. The molecule has 0 aliphatic heterocycles. The van der Waals surface area contributed by atoms with Crippen LogP contribution >= 0.6 is 0 Å². The van der Waals surface area contributed by atoms with Gasteiger partial charge in [0.05, 0.1) is 0 Å². The van der Waals surface area contributed by atoms with Gasteiger partial charge < -0.3 is 5.11 Å². The summed E-state index contributed by atoms with van der Waals surface area (Å²) in [5, 5.41) is 8.49. The van der Waals surface area contributed by atoms with Crippen molar-refractivity contribution in [2.75, 3.05) is 0 Å². The predicted octanol–water partition coefficient (Wildman–Crippen LogP) is 4.64. The molecular weight excluding hydrogens is 264 g/mol. The minimum absolute atomic E-state index is 0. The van der Waals surface area contributed by atoms with Crippen molar-refractivity contribution in [1.29, 1.82) is 0 Å². The van der Waals surface area contributed by atoms with Gasteiger partial charge in [-0.25, -0.2) is 0 Å². The molecule has 0 aliphatic rings. The number of hydrogen-bond acceptors (Lipinski definition) is 1. The van der Waals surface area contributed by atoms with Crippen molar-refractivity contribution in [3.63, 3.8) is 0 Å². The number of unbranched alkanes of at least 4 members (excludes halogenated alkanes) is 12. The van der Waals surface area contributed by atoms with Gasteiger partial charge in [-0.2, -0.15) is 0 Å². The van der Waals surface area contributed by atoms with E-state index < -0.39 is 5.97 Å². The van der Waals surface area contributed by atoms with Gasteiger partial charge in [0.15, 0.2) is 0 Å². The number of carbonyl (C=O) groups is 1. The summed E-state index contributed by atoms with van der Waals surface area (Å²) in [6.45, 7) is 2.26. The van der Waals surface area contributed by atoms with Gasteiger partial charge in [-0.1, -0.05) is 84.0 Å². The monoisotopic (exact) mass is 298 g/mol. The van der Waals surface area contributed by atoms with E-state index in [-0.39, 0.29) is 37.7 Å². The first-order valence-corrected chi connectivity index (χ1v) is 7.99. The van der Waals surface area contributed by atoms with Crippen LogP contribution in [0.4, 0.5) is 0 Å². The maximum absolute atomic E-state index is 10.3. The number of carboxylic acids is 1. The van der Waals surface area contributed by atoms with Crippen LogP contribution < -0.4 is 0 Å². The summed E-state index contributed by atoms with van der Waals surface area (Å²) in [5.74, 6) is -0.655. The molecule has 112 valence electrons. The molecular formula is C16H34CaO2. The van der Waals surface area contributed by atoms with E-state index in [2.05, 4.69) is 6.92 Å². The fourth-order valence-corrected chi connectivity index (χ4v) is 2.29. The Balaban J connectivity index is 0. The zero-order valence-corrected chi connectivity index (χ0v) is 12.3. The van der Waals surface area contributed by atoms with Crippen molar-refractivity contribution >= 4 is 43.7 Å². The van der Waals surface area contributed by atoms with Crippen molar-refractivity contribution in [3.05, 3.63) is 0 Å². The first-order valence-electron chi connectivity index (χ1n) is 7.99. The van der Waals surface area contributed by atoms with Crippen molar-refractivity contribution in [2.45, 2.75) is 96.8 Å². The molecule has 19 heavy (non-hydrogen) atoms. The fraction of sp³-hybridized carbons (Fsp3) is 0.938. The molecule has 3 heteroatoms. The number of aliphatic carboxylic acids is 1. The molecule has 0 heterocycles. The number of carboxylic acid groups (broad SMARTS) is 1. The summed E-state index contributed by atoms with van der Waals surface area (Å²) in [6.07, 6.45) is 17.3. The van der Waals surface area contributed by atoms with Gasteiger partial charge >= 0.3 is 43.7 Å². The van der Waals surface area contributed by atoms with E-state index >= 15 is 0 Å². The van der Waals surface area contributed by atoms with Crippen LogP contribution in [-0.2, 0) is 4.79 Å². The molecule has 0 saturated heterocycles. The molecule has 0 bridgehead atoms. The van der Waals surface area contributed by atoms with Crippen LogP contribution in [0.25, 0.3) is 0 Å². The summed E-state index contributed by atoms with van der Waals surface area (Å²) in [7, 11) is 0. The van der Waals surface area contributed by atoms with Crippen LogP contribution in [0.15, 0.2) is 0 Å². The Morgan fingerprint density at radius 1 is 0.684 bits per heavy atom. The molecule has 0 amide bonds. The third-order valence-electron chi connectivity index (χ3n) is 3.49. The van der Waals surface area contributed by atoms with Gasteiger partial charge in [0, 0.05) is 6.42 Å². The summed E-state index contributed by atoms with van der Waals surface area (Å²) >= 11 is 0. The molecule has 0 rings (SSSR count). The van der Waals surface area contributed by atoms with Gasteiger partial charge in [-0.05, 0) is 6.42 Å². The van der Waals surface area contributed by atoms with Gasteiger partial charge in [-0.15, -0.1) is 0 Å². The second kappa shape index (κ2) is 18.7. The molecule has 0 aromatic carbocycles. The molecule has 0 aromatic heterocycles. The van der Waals surface area contributed by atoms with Crippen LogP contribution in [0.2, 0.25) is 0 Å². The molecule has 0 aromatic rings. The molecule has 0 spiro atoms. The van der Waals surface area contributed by atoms with Gasteiger partial charge in [0.2, 0.25) is 0 Å². The zero-order valence-electron chi connectivity index (χ0n) is 12.3. The van der Waals surface area contributed by atoms with Crippen molar-refractivity contribution in [1.82, 2.24) is 0 Å². The van der Waals surface area contributed by atoms with Gasteiger partial charge in [0.1, 0.15) is 0 Å². The Morgan fingerprint density at radius 3 is 1.32 bits per heavy atom. The van der Waals surface area contributed by atoms with E-state index in [0.717, 1.165) is 12.8 Å². The first kappa shape index (κ1) is 22.0. The topological polar surface area (TPSA) is 37.3 Å². The second-order valence-electron chi connectivity index (χ2n) is 5.39. The average Bonchev–Trinajstić information content (AvgIpc) is 2.34. The summed E-state index contributed by atoms with van der Waals surface area (Å²) < 4.78 is 0. The van der Waals surface area contributed by atoms with Crippen LogP contribution in [0, 0.1) is 0 Å².